The number of aliphatic carboxylic acids is 1. The molecule has 0 fully saturated rings. The predicted octanol–water partition coefficient (Wildman–Crippen LogP) is 1.71. The van der Waals surface area contributed by atoms with Gasteiger partial charge in [-0.05, 0) is 18.1 Å². The first kappa shape index (κ1) is 15.8. The van der Waals surface area contributed by atoms with E-state index in [1.807, 2.05) is 0 Å². The number of carboxylic acids is 1. The molecule has 8 nitrogen and oxygen atoms in total. The summed E-state index contributed by atoms with van der Waals surface area (Å²) in [6, 6.07) is 2.38. The fraction of sp³-hybridized carbons (Fsp3) is 0.308. The third-order valence-corrected chi connectivity index (χ3v) is 3.45. The van der Waals surface area contributed by atoms with Crippen LogP contribution < -0.4 is 10.6 Å². The standard InChI is InChI=1S/C13H15N5O3S/c1-7(2)10(12(20)21)16-9-4-3-8(5-14-9)11(19)17-13-18-15-6-22-13/h3-7,10H,1-2H3,(H,14,16)(H,20,21)(H,17,18,19)/t10-/m1/s1. The second-order valence-electron chi connectivity index (χ2n) is 4.83. The molecule has 0 saturated carbocycles. The van der Waals surface area contributed by atoms with Crippen LogP contribution in [0.1, 0.15) is 24.2 Å². The Morgan fingerprint density at radius 3 is 2.59 bits per heavy atom. The molecule has 0 bridgehead atoms. The largest absolute Gasteiger partial charge is 0.480 e. The minimum absolute atomic E-state index is 0.0975. The number of hydrogen-bond acceptors (Lipinski definition) is 7. The number of rotatable bonds is 6. The summed E-state index contributed by atoms with van der Waals surface area (Å²) in [5.41, 5.74) is 1.86. The summed E-state index contributed by atoms with van der Waals surface area (Å²) in [7, 11) is 0. The Bertz CT molecular complexity index is 642. The van der Waals surface area contributed by atoms with E-state index in [0.29, 0.717) is 16.5 Å². The third kappa shape index (κ3) is 3.98. The molecule has 116 valence electrons. The van der Waals surface area contributed by atoms with Gasteiger partial charge in [0.05, 0.1) is 5.56 Å². The number of pyridine rings is 1. The van der Waals surface area contributed by atoms with Crippen molar-refractivity contribution in [3.63, 3.8) is 0 Å². The maximum absolute atomic E-state index is 11.9. The van der Waals surface area contributed by atoms with Gasteiger partial charge in [0.15, 0.2) is 0 Å². The van der Waals surface area contributed by atoms with E-state index in [1.54, 1.807) is 26.0 Å². The SMILES string of the molecule is CC(C)[C@@H](Nc1ccc(C(=O)Nc2nncs2)cn1)C(=O)O. The van der Waals surface area contributed by atoms with E-state index in [2.05, 4.69) is 25.8 Å². The summed E-state index contributed by atoms with van der Waals surface area (Å²) >= 11 is 1.21. The van der Waals surface area contributed by atoms with E-state index >= 15 is 0 Å². The summed E-state index contributed by atoms with van der Waals surface area (Å²) in [6.07, 6.45) is 1.37. The molecule has 0 radical (unpaired) electrons. The Kier molecular flexibility index (Phi) is 4.99. The molecule has 0 saturated heterocycles. The molecule has 2 aromatic heterocycles. The van der Waals surface area contributed by atoms with Gasteiger partial charge in [0.1, 0.15) is 17.4 Å². The zero-order valence-corrected chi connectivity index (χ0v) is 12.8. The zero-order valence-electron chi connectivity index (χ0n) is 12.0. The van der Waals surface area contributed by atoms with Gasteiger partial charge in [-0.3, -0.25) is 10.1 Å². The highest BCUT2D eigenvalue weighted by Gasteiger charge is 2.21. The number of carbonyl (C=O) groups excluding carboxylic acids is 1. The van der Waals surface area contributed by atoms with Crippen LogP contribution in [0.3, 0.4) is 0 Å². The molecule has 0 unspecified atom stereocenters. The van der Waals surface area contributed by atoms with Crippen LogP contribution >= 0.6 is 11.3 Å². The van der Waals surface area contributed by atoms with Gasteiger partial charge in [-0.1, -0.05) is 25.2 Å². The van der Waals surface area contributed by atoms with Crippen molar-refractivity contribution in [2.75, 3.05) is 10.6 Å². The van der Waals surface area contributed by atoms with Crippen LogP contribution in [0.4, 0.5) is 10.9 Å². The topological polar surface area (TPSA) is 117 Å². The van der Waals surface area contributed by atoms with Gasteiger partial charge >= 0.3 is 5.97 Å². The van der Waals surface area contributed by atoms with E-state index in [9.17, 15) is 9.59 Å². The van der Waals surface area contributed by atoms with Crippen molar-refractivity contribution in [1.29, 1.82) is 0 Å². The number of carbonyl (C=O) groups is 2. The fourth-order valence-corrected chi connectivity index (χ4v) is 2.12. The maximum Gasteiger partial charge on any atom is 0.326 e. The van der Waals surface area contributed by atoms with Gasteiger partial charge in [0, 0.05) is 6.20 Å². The third-order valence-electron chi connectivity index (χ3n) is 2.84. The van der Waals surface area contributed by atoms with Crippen molar-refractivity contribution < 1.29 is 14.7 Å². The Hall–Kier alpha value is -2.55. The van der Waals surface area contributed by atoms with E-state index < -0.39 is 12.0 Å². The number of amides is 1. The Labute approximate surface area is 130 Å². The highest BCUT2D eigenvalue weighted by molar-refractivity contribution is 7.13. The molecule has 0 aliphatic carbocycles. The van der Waals surface area contributed by atoms with Crippen molar-refractivity contribution in [2.24, 2.45) is 5.92 Å². The molecule has 2 rings (SSSR count). The molecule has 9 heteroatoms. The van der Waals surface area contributed by atoms with Gasteiger partial charge in [-0.2, -0.15) is 0 Å². The number of nitrogens with one attached hydrogen (secondary N) is 2. The first-order valence-electron chi connectivity index (χ1n) is 6.50. The summed E-state index contributed by atoms with van der Waals surface area (Å²) in [5, 5.41) is 22.3. The number of carboxylic acid groups (broad SMARTS) is 1. The van der Waals surface area contributed by atoms with Crippen LogP contribution in [0.2, 0.25) is 0 Å². The first-order chi connectivity index (χ1) is 10.5. The second-order valence-corrected chi connectivity index (χ2v) is 5.67. The smallest absolute Gasteiger partial charge is 0.326 e. The zero-order chi connectivity index (χ0) is 16.1. The quantitative estimate of drug-likeness (QED) is 0.741. The minimum Gasteiger partial charge on any atom is -0.480 e. The lowest BCUT2D eigenvalue weighted by atomic mass is 10.1. The highest BCUT2D eigenvalue weighted by atomic mass is 32.1. The molecule has 0 aliphatic rings. The molecule has 0 aliphatic heterocycles. The monoisotopic (exact) mass is 321 g/mol. The van der Waals surface area contributed by atoms with Gasteiger partial charge in [-0.15, -0.1) is 10.2 Å². The van der Waals surface area contributed by atoms with E-state index in [4.69, 9.17) is 5.11 Å². The Morgan fingerprint density at radius 1 is 1.32 bits per heavy atom. The summed E-state index contributed by atoms with van der Waals surface area (Å²) in [4.78, 5) is 27.1. The second kappa shape index (κ2) is 6.94. The average Bonchev–Trinajstić information content (AvgIpc) is 2.97. The van der Waals surface area contributed by atoms with Gasteiger partial charge in [0.2, 0.25) is 5.13 Å². The van der Waals surface area contributed by atoms with Crippen molar-refractivity contribution in [3.8, 4) is 0 Å². The lowest BCUT2D eigenvalue weighted by Crippen LogP contribution is -2.34. The normalized spacial score (nSPS) is 12.0. The summed E-state index contributed by atoms with van der Waals surface area (Å²) in [6.45, 7) is 3.60. The molecule has 1 amide bonds. The van der Waals surface area contributed by atoms with Crippen LogP contribution in [0.5, 0.6) is 0 Å². The minimum atomic E-state index is -0.949. The van der Waals surface area contributed by atoms with Crippen LogP contribution in [0.25, 0.3) is 0 Å². The number of aromatic nitrogens is 3. The Morgan fingerprint density at radius 2 is 2.09 bits per heavy atom. The van der Waals surface area contributed by atoms with Crippen molar-refractivity contribution in [1.82, 2.24) is 15.2 Å². The lowest BCUT2D eigenvalue weighted by molar-refractivity contribution is -0.138. The Balaban J connectivity index is 2.03. The molecule has 2 heterocycles. The van der Waals surface area contributed by atoms with Crippen molar-refractivity contribution in [2.45, 2.75) is 19.9 Å². The molecule has 22 heavy (non-hydrogen) atoms. The van der Waals surface area contributed by atoms with E-state index in [-0.39, 0.29) is 11.8 Å². The molecule has 2 aromatic rings. The molecular weight excluding hydrogens is 306 g/mol. The van der Waals surface area contributed by atoms with Gasteiger partial charge in [-0.25, -0.2) is 9.78 Å². The van der Waals surface area contributed by atoms with E-state index in [0.717, 1.165) is 0 Å². The van der Waals surface area contributed by atoms with Crippen molar-refractivity contribution >= 4 is 34.2 Å². The summed E-state index contributed by atoms with van der Waals surface area (Å²) < 4.78 is 0. The maximum atomic E-state index is 11.9. The van der Waals surface area contributed by atoms with Crippen LogP contribution in [-0.4, -0.2) is 38.2 Å². The summed E-state index contributed by atoms with van der Waals surface area (Å²) in [5.74, 6) is -1.00. The van der Waals surface area contributed by atoms with Crippen LogP contribution in [0, 0.1) is 5.92 Å². The van der Waals surface area contributed by atoms with Crippen LogP contribution in [0.15, 0.2) is 23.8 Å². The fourth-order valence-electron chi connectivity index (χ4n) is 1.68. The number of hydrogen-bond donors (Lipinski definition) is 3. The molecular formula is C13H15N5O3S. The predicted molar refractivity (Wildman–Crippen MR) is 82.0 cm³/mol. The van der Waals surface area contributed by atoms with Crippen molar-refractivity contribution in [3.05, 3.63) is 29.4 Å². The molecule has 0 spiro atoms. The number of nitrogens with zero attached hydrogens (tertiary/aromatic N) is 3. The average molecular weight is 321 g/mol. The molecule has 3 N–H and O–H groups in total. The molecule has 0 aromatic carbocycles. The van der Waals surface area contributed by atoms with Gasteiger partial charge < -0.3 is 10.4 Å². The lowest BCUT2D eigenvalue weighted by Gasteiger charge is -2.18. The molecule has 1 atom stereocenters. The number of anilines is 2. The van der Waals surface area contributed by atoms with Crippen LogP contribution in [-0.2, 0) is 4.79 Å². The van der Waals surface area contributed by atoms with E-state index in [1.165, 1.54) is 23.0 Å². The first-order valence-corrected chi connectivity index (χ1v) is 7.38. The van der Waals surface area contributed by atoms with Gasteiger partial charge in [0.25, 0.3) is 5.91 Å². The highest BCUT2D eigenvalue weighted by Crippen LogP contribution is 2.13.